The molecule has 4 heteroatoms. The van der Waals surface area contributed by atoms with Crippen LogP contribution in [0.3, 0.4) is 0 Å². The molecule has 0 aliphatic heterocycles. The van der Waals surface area contributed by atoms with Crippen molar-refractivity contribution < 1.29 is 0 Å². The van der Waals surface area contributed by atoms with Crippen LogP contribution in [0.5, 0.6) is 0 Å². The van der Waals surface area contributed by atoms with Crippen molar-refractivity contribution in [2.75, 3.05) is 0 Å². The smallest absolute Gasteiger partial charge is 0.146 e. The Kier molecular flexibility index (Phi) is 9.25. The van der Waals surface area contributed by atoms with Gasteiger partial charge in [0.25, 0.3) is 0 Å². The van der Waals surface area contributed by atoms with Crippen molar-refractivity contribution in [2.45, 2.75) is 123 Å². The van der Waals surface area contributed by atoms with Gasteiger partial charge in [-0.15, -0.1) is 11.1 Å². The Bertz CT molecular complexity index is 1830. The zero-order valence-corrected chi connectivity index (χ0v) is 31.7. The van der Waals surface area contributed by atoms with E-state index in [2.05, 4.69) is 155 Å². The molecular formula is C41H52N2Si2. The van der Waals surface area contributed by atoms with Crippen LogP contribution in [0, 0.1) is 22.9 Å². The zero-order chi connectivity index (χ0) is 32.8. The zero-order valence-electron chi connectivity index (χ0n) is 29.7. The maximum absolute atomic E-state index is 5.49. The van der Waals surface area contributed by atoms with Gasteiger partial charge in [0.15, 0.2) is 0 Å². The fourth-order valence-electron chi connectivity index (χ4n) is 8.88. The number of aromatic nitrogens is 2. The minimum atomic E-state index is -1.99. The molecule has 0 N–H and O–H groups in total. The van der Waals surface area contributed by atoms with E-state index in [9.17, 15) is 0 Å². The lowest BCUT2D eigenvalue weighted by Crippen LogP contribution is -2.43. The molecule has 0 saturated heterocycles. The molecule has 0 bridgehead atoms. The van der Waals surface area contributed by atoms with Crippen LogP contribution in [0.15, 0.2) is 48.5 Å². The van der Waals surface area contributed by atoms with Crippen LogP contribution < -0.4 is 0 Å². The van der Waals surface area contributed by atoms with Gasteiger partial charge in [-0.05, 0) is 38.8 Å². The van der Waals surface area contributed by atoms with E-state index in [1.54, 1.807) is 0 Å². The third kappa shape index (κ3) is 5.39. The lowest BCUT2D eigenvalue weighted by atomic mass is 9.97. The summed E-state index contributed by atoms with van der Waals surface area (Å²) in [6.07, 6.45) is 0.807. The monoisotopic (exact) mass is 628 g/mol. The Balaban J connectivity index is 1.93. The van der Waals surface area contributed by atoms with Crippen LogP contribution in [0.4, 0.5) is 0 Å². The molecule has 45 heavy (non-hydrogen) atoms. The lowest BCUT2D eigenvalue weighted by Gasteiger charge is -2.38. The summed E-state index contributed by atoms with van der Waals surface area (Å²) in [4.78, 5) is 10.9. The molecule has 0 unspecified atom stereocenters. The average Bonchev–Trinajstić information content (AvgIpc) is 3.33. The third-order valence-electron chi connectivity index (χ3n) is 11.1. The van der Waals surface area contributed by atoms with Gasteiger partial charge in [-0.2, -0.15) is 0 Å². The summed E-state index contributed by atoms with van der Waals surface area (Å²) in [7, 11) is -3.97. The van der Waals surface area contributed by atoms with E-state index >= 15 is 0 Å². The number of hydrogen-bond donors (Lipinski definition) is 0. The van der Waals surface area contributed by atoms with Crippen LogP contribution in [0.1, 0.15) is 105 Å². The van der Waals surface area contributed by atoms with Crippen molar-refractivity contribution in [1.29, 1.82) is 0 Å². The van der Waals surface area contributed by atoms with E-state index < -0.39 is 16.1 Å². The maximum Gasteiger partial charge on any atom is 0.146 e. The van der Waals surface area contributed by atoms with E-state index in [1.807, 2.05) is 0 Å². The Hall–Kier alpha value is -3.19. The quantitative estimate of drug-likeness (QED) is 0.106. The molecule has 0 atom stereocenters. The minimum absolute atomic E-state index is 0.552. The first-order valence-electron chi connectivity index (χ1n) is 17.2. The predicted molar refractivity (Wildman–Crippen MR) is 201 cm³/mol. The van der Waals surface area contributed by atoms with Gasteiger partial charge < -0.3 is 0 Å². The van der Waals surface area contributed by atoms with Crippen LogP contribution in [-0.2, 0) is 6.42 Å². The standard InChI is InChI=1S/C41H52N2Si2/c1-26(2)44(27(3)4,28(5)6)23-21-36-34-19-15-16-20-35(34)37(22-24-45(29(7)8,30(9)10)31(11)12)41-40(36)42-38-25-32-17-13-14-18-33(32)39(38)43-41/h13-20,26-31H,25H2,1-12H3. The first kappa shape index (κ1) is 33.2. The summed E-state index contributed by atoms with van der Waals surface area (Å²) in [5.74, 6) is 7.71. The average molecular weight is 629 g/mol. The Labute approximate surface area is 274 Å². The Morgan fingerprint density at radius 2 is 0.933 bits per heavy atom. The SMILES string of the molecule is CC(C)[Si](C#Cc1c2ccccc2c(C#C[Si](C(C)C)(C(C)C)C(C)C)c2nc3c(nc12)Cc1ccccc1-3)(C(C)C)C(C)C. The molecule has 1 aliphatic rings. The summed E-state index contributed by atoms with van der Waals surface area (Å²) < 4.78 is 0. The fraction of sp³-hybridized carbons (Fsp3) is 0.463. The minimum Gasteiger partial charge on any atom is -0.247 e. The number of rotatable bonds is 6. The molecule has 4 aromatic rings. The molecule has 0 radical (unpaired) electrons. The normalized spacial score (nSPS) is 13.2. The van der Waals surface area contributed by atoms with Crippen molar-refractivity contribution in [3.63, 3.8) is 0 Å². The van der Waals surface area contributed by atoms with E-state index in [0.29, 0.717) is 33.2 Å². The van der Waals surface area contributed by atoms with Crippen molar-refractivity contribution in [2.24, 2.45) is 0 Å². The summed E-state index contributed by atoms with van der Waals surface area (Å²) in [6, 6.07) is 17.4. The molecule has 1 aromatic heterocycles. The highest BCUT2D eigenvalue weighted by atomic mass is 28.3. The molecule has 0 fully saturated rings. The molecule has 5 rings (SSSR count). The number of nitrogens with zero attached hydrogens (tertiary/aromatic N) is 2. The lowest BCUT2D eigenvalue weighted by molar-refractivity contribution is 0.838. The largest absolute Gasteiger partial charge is 0.247 e. The molecule has 1 heterocycles. The molecule has 2 nitrogen and oxygen atoms in total. The molecular weight excluding hydrogens is 577 g/mol. The highest BCUT2D eigenvalue weighted by Gasteiger charge is 2.43. The second-order valence-corrected chi connectivity index (χ2v) is 26.3. The van der Waals surface area contributed by atoms with E-state index in [4.69, 9.17) is 9.97 Å². The first-order chi connectivity index (χ1) is 21.3. The molecule has 3 aromatic carbocycles. The highest BCUT2D eigenvalue weighted by Crippen LogP contribution is 2.43. The molecule has 234 valence electrons. The second kappa shape index (κ2) is 12.5. The first-order valence-corrected chi connectivity index (χ1v) is 21.6. The highest BCUT2D eigenvalue weighted by molar-refractivity contribution is 6.91. The van der Waals surface area contributed by atoms with E-state index in [-0.39, 0.29) is 0 Å². The van der Waals surface area contributed by atoms with Crippen LogP contribution >= 0.6 is 0 Å². The van der Waals surface area contributed by atoms with Crippen LogP contribution in [0.25, 0.3) is 33.1 Å². The third-order valence-corrected chi connectivity index (χ3v) is 23.7. The van der Waals surface area contributed by atoms with Crippen molar-refractivity contribution in [1.82, 2.24) is 9.97 Å². The van der Waals surface area contributed by atoms with Crippen molar-refractivity contribution in [3.05, 3.63) is 70.9 Å². The molecule has 0 saturated carbocycles. The van der Waals surface area contributed by atoms with Gasteiger partial charge in [0, 0.05) is 22.8 Å². The van der Waals surface area contributed by atoms with Crippen molar-refractivity contribution >= 4 is 38.0 Å². The van der Waals surface area contributed by atoms with E-state index in [0.717, 1.165) is 50.7 Å². The summed E-state index contributed by atoms with van der Waals surface area (Å²) in [5, 5.41) is 2.30. The predicted octanol–water partition coefficient (Wildman–Crippen LogP) is 11.5. The van der Waals surface area contributed by atoms with Crippen LogP contribution in [0.2, 0.25) is 33.2 Å². The second-order valence-electron chi connectivity index (χ2n) is 15.1. The summed E-state index contributed by atoms with van der Waals surface area (Å²) in [6.45, 7) is 28.6. The number of benzene rings is 3. The summed E-state index contributed by atoms with van der Waals surface area (Å²) >= 11 is 0. The van der Waals surface area contributed by atoms with Gasteiger partial charge in [-0.25, -0.2) is 9.97 Å². The molecule has 1 aliphatic carbocycles. The van der Waals surface area contributed by atoms with Crippen LogP contribution in [-0.4, -0.2) is 26.1 Å². The molecule has 0 amide bonds. The van der Waals surface area contributed by atoms with Crippen molar-refractivity contribution in [3.8, 4) is 34.2 Å². The Morgan fingerprint density at radius 1 is 0.533 bits per heavy atom. The van der Waals surface area contributed by atoms with Gasteiger partial charge in [-0.3, -0.25) is 0 Å². The summed E-state index contributed by atoms with van der Waals surface area (Å²) in [5.41, 5.74) is 19.8. The number of hydrogen-bond acceptors (Lipinski definition) is 2. The number of fused-ring (bicyclic) bond motifs is 5. The van der Waals surface area contributed by atoms with Gasteiger partial charge in [0.05, 0.1) is 22.5 Å². The van der Waals surface area contributed by atoms with Gasteiger partial charge in [0.2, 0.25) is 0 Å². The van der Waals surface area contributed by atoms with Gasteiger partial charge in [-0.1, -0.05) is 143 Å². The topological polar surface area (TPSA) is 25.8 Å². The van der Waals surface area contributed by atoms with Gasteiger partial charge in [0.1, 0.15) is 27.2 Å². The maximum atomic E-state index is 5.49. The fourth-order valence-corrected chi connectivity index (χ4v) is 19.3. The van der Waals surface area contributed by atoms with E-state index in [1.165, 1.54) is 11.1 Å². The van der Waals surface area contributed by atoms with Gasteiger partial charge >= 0.3 is 0 Å². The Morgan fingerprint density at radius 3 is 1.38 bits per heavy atom. The molecule has 0 spiro atoms.